The molecule has 31 heavy (non-hydrogen) atoms. The number of rotatable bonds is 6. The molecule has 1 unspecified atom stereocenters. The van der Waals surface area contributed by atoms with Gasteiger partial charge in [0.15, 0.2) is 5.54 Å². The number of hydrogen-bond donors (Lipinski definition) is 2. The number of urea groups is 1. The van der Waals surface area contributed by atoms with Gasteiger partial charge in [-0.15, -0.1) is 0 Å². The van der Waals surface area contributed by atoms with Crippen molar-refractivity contribution >= 4 is 11.9 Å². The molecule has 0 spiro atoms. The van der Waals surface area contributed by atoms with Crippen LogP contribution in [0.1, 0.15) is 11.1 Å². The van der Waals surface area contributed by atoms with Crippen LogP contribution in [0.5, 0.6) is 17.2 Å². The normalized spacial score (nSPS) is 17.7. The summed E-state index contributed by atoms with van der Waals surface area (Å²) in [6.45, 7) is 1.66. The molecule has 158 valence electrons. The summed E-state index contributed by atoms with van der Waals surface area (Å²) >= 11 is 0. The van der Waals surface area contributed by atoms with Gasteiger partial charge in [-0.3, -0.25) is 14.9 Å². The minimum atomic E-state index is -1.41. The van der Waals surface area contributed by atoms with E-state index < -0.39 is 17.5 Å². The van der Waals surface area contributed by atoms with Crippen molar-refractivity contribution in [3.63, 3.8) is 0 Å². The van der Waals surface area contributed by atoms with Crippen LogP contribution in [-0.4, -0.2) is 23.6 Å². The van der Waals surface area contributed by atoms with Crippen LogP contribution in [0.2, 0.25) is 0 Å². The minimum Gasteiger partial charge on any atom is -0.497 e. The lowest BCUT2D eigenvalue weighted by molar-refractivity contribution is -0.124. The molecule has 0 aliphatic carbocycles. The predicted octanol–water partition coefficient (Wildman–Crippen LogP) is 2.69. The van der Waals surface area contributed by atoms with Gasteiger partial charge in [0, 0.05) is 11.8 Å². The van der Waals surface area contributed by atoms with Gasteiger partial charge in [0.1, 0.15) is 17.2 Å². The molecule has 2 N–H and O–H groups in total. The Kier molecular flexibility index (Phi) is 5.21. The van der Waals surface area contributed by atoms with Crippen LogP contribution in [0.3, 0.4) is 0 Å². The van der Waals surface area contributed by atoms with Gasteiger partial charge in [0.2, 0.25) is 0 Å². The standard InChI is InChI=1S/C23H21N3O5/c1-15-4-3-13-26(20(15)27)14-23(21(28)24-22(29)25-23)16-5-7-18(8-6-16)31-19-11-9-17(30-2)10-12-19/h3-13H,14H2,1-2H3,(H2,24,25,28,29). The smallest absolute Gasteiger partial charge is 0.322 e. The summed E-state index contributed by atoms with van der Waals surface area (Å²) in [5.74, 6) is 1.39. The van der Waals surface area contributed by atoms with Gasteiger partial charge in [-0.05, 0) is 55.0 Å². The SMILES string of the molecule is COc1ccc(Oc2ccc(C3(Cn4cccc(C)c4=O)NC(=O)NC3=O)cc2)cc1. The molecule has 4 rings (SSSR count). The Labute approximate surface area is 178 Å². The average Bonchev–Trinajstić information content (AvgIpc) is 3.06. The fourth-order valence-corrected chi connectivity index (χ4v) is 3.52. The number of ether oxygens (including phenoxy) is 2. The molecule has 0 saturated carbocycles. The van der Waals surface area contributed by atoms with Crippen molar-refractivity contribution in [3.8, 4) is 17.2 Å². The second-order valence-corrected chi connectivity index (χ2v) is 7.24. The molecule has 1 aromatic heterocycles. The fourth-order valence-electron chi connectivity index (χ4n) is 3.52. The van der Waals surface area contributed by atoms with Crippen molar-refractivity contribution in [2.75, 3.05) is 7.11 Å². The molecule has 1 aliphatic heterocycles. The molecule has 1 aliphatic rings. The predicted molar refractivity (Wildman–Crippen MR) is 113 cm³/mol. The van der Waals surface area contributed by atoms with E-state index in [0.717, 1.165) is 5.75 Å². The number of methoxy groups -OCH3 is 1. The van der Waals surface area contributed by atoms with E-state index in [1.807, 2.05) is 0 Å². The summed E-state index contributed by atoms with van der Waals surface area (Å²) in [4.78, 5) is 37.3. The third-order valence-corrected chi connectivity index (χ3v) is 5.20. The van der Waals surface area contributed by atoms with Gasteiger partial charge < -0.3 is 19.4 Å². The third kappa shape index (κ3) is 3.87. The van der Waals surface area contributed by atoms with Crippen LogP contribution in [0.25, 0.3) is 0 Å². The van der Waals surface area contributed by atoms with Gasteiger partial charge in [-0.2, -0.15) is 0 Å². The number of hydrogen-bond acceptors (Lipinski definition) is 5. The molecular weight excluding hydrogens is 398 g/mol. The Morgan fingerprint density at radius 2 is 1.52 bits per heavy atom. The number of aromatic nitrogens is 1. The Hall–Kier alpha value is -4.07. The number of imide groups is 1. The monoisotopic (exact) mass is 419 g/mol. The van der Waals surface area contributed by atoms with Crippen LogP contribution in [-0.2, 0) is 16.9 Å². The highest BCUT2D eigenvalue weighted by Gasteiger charge is 2.48. The lowest BCUT2D eigenvalue weighted by atomic mass is 9.89. The topological polar surface area (TPSA) is 98.7 Å². The molecule has 2 aromatic carbocycles. The van der Waals surface area contributed by atoms with E-state index >= 15 is 0 Å². The van der Waals surface area contributed by atoms with Crippen molar-refractivity contribution < 1.29 is 19.1 Å². The fraction of sp³-hybridized carbons (Fsp3) is 0.174. The maximum Gasteiger partial charge on any atom is 0.322 e. The summed E-state index contributed by atoms with van der Waals surface area (Å²) < 4.78 is 12.4. The van der Waals surface area contributed by atoms with Crippen LogP contribution in [0, 0.1) is 6.92 Å². The summed E-state index contributed by atoms with van der Waals surface area (Å²) in [5, 5.41) is 4.97. The average molecular weight is 419 g/mol. The summed E-state index contributed by atoms with van der Waals surface area (Å²) in [5.41, 5.74) is -0.555. The molecule has 0 bridgehead atoms. The van der Waals surface area contributed by atoms with Crippen LogP contribution in [0.4, 0.5) is 4.79 Å². The Balaban J connectivity index is 1.64. The second kappa shape index (κ2) is 7.98. The lowest BCUT2D eigenvalue weighted by Crippen LogP contribution is -2.49. The molecule has 3 amide bonds. The molecule has 1 saturated heterocycles. The van der Waals surface area contributed by atoms with E-state index in [9.17, 15) is 14.4 Å². The van der Waals surface area contributed by atoms with Crippen molar-refractivity contribution in [1.82, 2.24) is 15.2 Å². The molecule has 2 heterocycles. The van der Waals surface area contributed by atoms with Gasteiger partial charge in [-0.1, -0.05) is 18.2 Å². The molecule has 8 nitrogen and oxygen atoms in total. The quantitative estimate of drug-likeness (QED) is 0.599. The maximum atomic E-state index is 12.8. The first-order valence-corrected chi connectivity index (χ1v) is 9.63. The van der Waals surface area contributed by atoms with Crippen LogP contribution >= 0.6 is 0 Å². The minimum absolute atomic E-state index is 0.0379. The Morgan fingerprint density at radius 3 is 2.10 bits per heavy atom. The van der Waals surface area contributed by atoms with E-state index in [1.54, 1.807) is 80.9 Å². The first-order valence-electron chi connectivity index (χ1n) is 9.63. The van der Waals surface area contributed by atoms with Gasteiger partial charge in [0.05, 0.1) is 13.7 Å². The van der Waals surface area contributed by atoms with Crippen molar-refractivity contribution in [2.45, 2.75) is 19.0 Å². The molecule has 3 aromatic rings. The summed E-state index contributed by atoms with van der Waals surface area (Å²) in [6.07, 6.45) is 1.59. The van der Waals surface area contributed by atoms with Crippen molar-refractivity contribution in [1.29, 1.82) is 0 Å². The number of pyridine rings is 1. The zero-order chi connectivity index (χ0) is 22.0. The number of carbonyl (C=O) groups is 2. The third-order valence-electron chi connectivity index (χ3n) is 5.20. The zero-order valence-corrected chi connectivity index (χ0v) is 17.0. The highest BCUT2D eigenvalue weighted by atomic mass is 16.5. The largest absolute Gasteiger partial charge is 0.497 e. The second-order valence-electron chi connectivity index (χ2n) is 7.24. The van der Waals surface area contributed by atoms with Crippen molar-refractivity contribution in [3.05, 3.63) is 88.3 Å². The van der Waals surface area contributed by atoms with Crippen LogP contribution in [0.15, 0.2) is 71.7 Å². The highest BCUT2D eigenvalue weighted by molar-refractivity contribution is 6.07. The number of nitrogens with zero attached hydrogens (tertiary/aromatic N) is 1. The molecule has 8 heteroatoms. The highest BCUT2D eigenvalue weighted by Crippen LogP contribution is 2.30. The Bertz CT molecular complexity index is 1190. The van der Waals surface area contributed by atoms with E-state index in [1.165, 1.54) is 4.57 Å². The van der Waals surface area contributed by atoms with E-state index in [0.29, 0.717) is 22.6 Å². The molecule has 1 atom stereocenters. The van der Waals surface area contributed by atoms with Gasteiger partial charge in [-0.25, -0.2) is 4.79 Å². The molecule has 1 fully saturated rings. The van der Waals surface area contributed by atoms with Gasteiger partial charge >= 0.3 is 6.03 Å². The first-order chi connectivity index (χ1) is 14.9. The number of aryl methyl sites for hydroxylation is 1. The molecular formula is C23H21N3O5. The lowest BCUT2D eigenvalue weighted by Gasteiger charge is -2.27. The van der Waals surface area contributed by atoms with Crippen molar-refractivity contribution in [2.24, 2.45) is 0 Å². The summed E-state index contributed by atoms with van der Waals surface area (Å²) in [7, 11) is 1.59. The summed E-state index contributed by atoms with van der Waals surface area (Å²) in [6, 6.07) is 16.8. The number of amides is 3. The van der Waals surface area contributed by atoms with Gasteiger partial charge in [0.25, 0.3) is 11.5 Å². The van der Waals surface area contributed by atoms with E-state index in [2.05, 4.69) is 10.6 Å². The number of benzene rings is 2. The van der Waals surface area contributed by atoms with E-state index in [-0.39, 0.29) is 12.1 Å². The molecule has 0 radical (unpaired) electrons. The Morgan fingerprint density at radius 1 is 0.903 bits per heavy atom. The number of nitrogens with one attached hydrogen (secondary N) is 2. The van der Waals surface area contributed by atoms with Crippen LogP contribution < -0.4 is 25.7 Å². The van der Waals surface area contributed by atoms with E-state index in [4.69, 9.17) is 9.47 Å². The maximum absolute atomic E-state index is 12.8. The number of carbonyl (C=O) groups excluding carboxylic acids is 2. The first kappa shape index (κ1) is 20.2. The zero-order valence-electron chi connectivity index (χ0n) is 17.0.